The van der Waals surface area contributed by atoms with Crippen LogP contribution >= 0.6 is 0 Å². The second kappa shape index (κ2) is 4.57. The van der Waals surface area contributed by atoms with Gasteiger partial charge < -0.3 is 14.8 Å². The molecule has 3 nitrogen and oxygen atoms in total. The zero-order chi connectivity index (χ0) is 11.7. The van der Waals surface area contributed by atoms with Gasteiger partial charge in [-0.1, -0.05) is 6.07 Å². The third-order valence-corrected chi connectivity index (χ3v) is 3.69. The first-order valence-electron chi connectivity index (χ1n) is 6.44. The van der Waals surface area contributed by atoms with Gasteiger partial charge in [0.2, 0.25) is 0 Å². The number of hydrogen-bond acceptors (Lipinski definition) is 3. The molecule has 0 bridgehead atoms. The molecular weight excluding hydrogens is 214 g/mol. The van der Waals surface area contributed by atoms with E-state index in [2.05, 4.69) is 11.4 Å². The lowest BCUT2D eigenvalue weighted by molar-refractivity contribution is 0.135. The summed E-state index contributed by atoms with van der Waals surface area (Å²) in [6, 6.07) is 4.24. The Hall–Kier alpha value is -1.22. The van der Waals surface area contributed by atoms with Gasteiger partial charge in [0.15, 0.2) is 11.5 Å². The molecule has 1 aliphatic carbocycles. The molecule has 1 aliphatic heterocycles. The molecule has 3 rings (SSSR count). The summed E-state index contributed by atoms with van der Waals surface area (Å²) >= 11 is 0. The van der Waals surface area contributed by atoms with Gasteiger partial charge in [-0.3, -0.25) is 0 Å². The number of rotatable bonds is 3. The van der Waals surface area contributed by atoms with Gasteiger partial charge in [0, 0.05) is 18.7 Å². The summed E-state index contributed by atoms with van der Waals surface area (Å²) in [5, 5.41) is 3.23. The molecule has 1 aromatic rings. The fraction of sp³-hybridized carbons (Fsp3) is 0.571. The van der Waals surface area contributed by atoms with Gasteiger partial charge in [-0.05, 0) is 37.3 Å². The third kappa shape index (κ3) is 2.00. The van der Waals surface area contributed by atoms with E-state index in [1.165, 1.54) is 30.4 Å². The van der Waals surface area contributed by atoms with Crippen LogP contribution in [0.2, 0.25) is 0 Å². The average Bonchev–Trinajstić information content (AvgIpc) is 2.33. The maximum Gasteiger partial charge on any atom is 0.165 e. The van der Waals surface area contributed by atoms with Crippen molar-refractivity contribution in [3.05, 3.63) is 23.3 Å². The Balaban J connectivity index is 1.95. The second-order valence-electron chi connectivity index (χ2n) is 4.84. The predicted molar refractivity (Wildman–Crippen MR) is 66.9 cm³/mol. The molecule has 0 amide bonds. The SMILES string of the molecule is COc1ccc2c(c1OC1CNC1)CCCC2. The van der Waals surface area contributed by atoms with Crippen LogP contribution in [0.4, 0.5) is 0 Å². The molecule has 1 saturated heterocycles. The standard InChI is InChI=1S/C14H19NO2/c1-16-13-7-6-10-4-2-3-5-12(10)14(13)17-11-8-15-9-11/h6-7,11,15H,2-5,8-9H2,1H3. The van der Waals surface area contributed by atoms with Crippen LogP contribution in [0.3, 0.4) is 0 Å². The van der Waals surface area contributed by atoms with Crippen LogP contribution in [0, 0.1) is 0 Å². The highest BCUT2D eigenvalue weighted by molar-refractivity contribution is 5.52. The van der Waals surface area contributed by atoms with E-state index in [1.54, 1.807) is 7.11 Å². The summed E-state index contributed by atoms with van der Waals surface area (Å²) < 4.78 is 11.5. The molecule has 0 saturated carbocycles. The summed E-state index contributed by atoms with van der Waals surface area (Å²) in [6.45, 7) is 1.90. The molecule has 0 atom stereocenters. The van der Waals surface area contributed by atoms with Crippen molar-refractivity contribution in [1.29, 1.82) is 0 Å². The van der Waals surface area contributed by atoms with Gasteiger partial charge in [0.25, 0.3) is 0 Å². The number of ether oxygens (including phenoxy) is 2. The number of nitrogens with one attached hydrogen (secondary N) is 1. The highest BCUT2D eigenvalue weighted by Gasteiger charge is 2.24. The number of benzene rings is 1. The van der Waals surface area contributed by atoms with Crippen LogP contribution in [-0.2, 0) is 12.8 Å². The van der Waals surface area contributed by atoms with E-state index in [4.69, 9.17) is 9.47 Å². The van der Waals surface area contributed by atoms with Crippen LogP contribution in [0.15, 0.2) is 12.1 Å². The maximum absolute atomic E-state index is 6.08. The summed E-state index contributed by atoms with van der Waals surface area (Å²) in [5.74, 6) is 1.88. The Bertz CT molecular complexity index is 413. The molecule has 1 fully saturated rings. The highest BCUT2D eigenvalue weighted by atomic mass is 16.5. The maximum atomic E-state index is 6.08. The molecule has 1 N–H and O–H groups in total. The first-order valence-corrected chi connectivity index (χ1v) is 6.44. The Morgan fingerprint density at radius 3 is 2.71 bits per heavy atom. The average molecular weight is 233 g/mol. The van der Waals surface area contributed by atoms with Gasteiger partial charge in [-0.2, -0.15) is 0 Å². The number of methoxy groups -OCH3 is 1. The van der Waals surface area contributed by atoms with Crippen molar-refractivity contribution < 1.29 is 9.47 Å². The van der Waals surface area contributed by atoms with E-state index in [0.29, 0.717) is 6.10 Å². The van der Waals surface area contributed by atoms with E-state index >= 15 is 0 Å². The van der Waals surface area contributed by atoms with Crippen LogP contribution in [-0.4, -0.2) is 26.3 Å². The van der Waals surface area contributed by atoms with Gasteiger partial charge in [-0.25, -0.2) is 0 Å². The van der Waals surface area contributed by atoms with E-state index < -0.39 is 0 Å². The van der Waals surface area contributed by atoms with Crippen molar-refractivity contribution in [2.75, 3.05) is 20.2 Å². The summed E-state index contributed by atoms with van der Waals surface area (Å²) in [6.07, 6.45) is 5.18. The quantitative estimate of drug-likeness (QED) is 0.865. The zero-order valence-electron chi connectivity index (χ0n) is 10.3. The second-order valence-corrected chi connectivity index (χ2v) is 4.84. The third-order valence-electron chi connectivity index (χ3n) is 3.69. The van der Waals surface area contributed by atoms with Gasteiger partial charge >= 0.3 is 0 Å². The lowest BCUT2D eigenvalue weighted by atomic mass is 9.90. The molecule has 17 heavy (non-hydrogen) atoms. The minimum atomic E-state index is 0.317. The van der Waals surface area contributed by atoms with Crippen molar-refractivity contribution in [2.45, 2.75) is 31.8 Å². The molecule has 2 aliphatic rings. The van der Waals surface area contributed by atoms with Gasteiger partial charge in [0.05, 0.1) is 7.11 Å². The van der Waals surface area contributed by atoms with Crippen molar-refractivity contribution in [2.24, 2.45) is 0 Å². The molecule has 92 valence electrons. The summed E-state index contributed by atoms with van der Waals surface area (Å²) in [4.78, 5) is 0. The molecule has 0 unspecified atom stereocenters. The normalized spacial score (nSPS) is 19.4. The molecule has 0 spiro atoms. The first kappa shape index (κ1) is 10.9. The van der Waals surface area contributed by atoms with Crippen molar-refractivity contribution in [3.8, 4) is 11.5 Å². The van der Waals surface area contributed by atoms with Crippen molar-refractivity contribution >= 4 is 0 Å². The Morgan fingerprint density at radius 2 is 2.00 bits per heavy atom. The lowest BCUT2D eigenvalue weighted by Crippen LogP contribution is -2.50. The molecule has 0 radical (unpaired) electrons. The van der Waals surface area contributed by atoms with Gasteiger partial charge in [-0.15, -0.1) is 0 Å². The fourth-order valence-electron chi connectivity index (χ4n) is 2.57. The topological polar surface area (TPSA) is 30.5 Å². The predicted octanol–water partition coefficient (Wildman–Crippen LogP) is 1.92. The molecule has 1 aromatic carbocycles. The highest BCUT2D eigenvalue weighted by Crippen LogP contribution is 2.38. The number of fused-ring (bicyclic) bond motifs is 1. The fourth-order valence-corrected chi connectivity index (χ4v) is 2.57. The minimum Gasteiger partial charge on any atom is -0.493 e. The molecule has 1 heterocycles. The number of hydrogen-bond donors (Lipinski definition) is 1. The van der Waals surface area contributed by atoms with Crippen LogP contribution < -0.4 is 14.8 Å². The van der Waals surface area contributed by atoms with E-state index in [0.717, 1.165) is 31.0 Å². The van der Waals surface area contributed by atoms with Crippen molar-refractivity contribution in [1.82, 2.24) is 5.32 Å². The lowest BCUT2D eigenvalue weighted by Gasteiger charge is -2.31. The van der Waals surface area contributed by atoms with E-state index in [-0.39, 0.29) is 0 Å². The van der Waals surface area contributed by atoms with E-state index in [1.807, 2.05) is 6.07 Å². The zero-order valence-corrected chi connectivity index (χ0v) is 10.3. The van der Waals surface area contributed by atoms with Gasteiger partial charge in [0.1, 0.15) is 6.10 Å². The monoisotopic (exact) mass is 233 g/mol. The Morgan fingerprint density at radius 1 is 1.18 bits per heavy atom. The first-order chi connectivity index (χ1) is 8.38. The van der Waals surface area contributed by atoms with Crippen LogP contribution in [0.25, 0.3) is 0 Å². The summed E-state index contributed by atoms with van der Waals surface area (Å²) in [5.41, 5.74) is 2.82. The van der Waals surface area contributed by atoms with Crippen LogP contribution in [0.1, 0.15) is 24.0 Å². The van der Waals surface area contributed by atoms with Crippen LogP contribution in [0.5, 0.6) is 11.5 Å². The Kier molecular flexibility index (Phi) is 2.93. The van der Waals surface area contributed by atoms with E-state index in [9.17, 15) is 0 Å². The van der Waals surface area contributed by atoms with Crippen molar-refractivity contribution in [3.63, 3.8) is 0 Å². The molecular formula is C14H19NO2. The smallest absolute Gasteiger partial charge is 0.165 e. The molecule has 3 heteroatoms. The minimum absolute atomic E-state index is 0.317. The molecule has 0 aromatic heterocycles. The Labute approximate surface area is 102 Å². The largest absolute Gasteiger partial charge is 0.493 e. The summed E-state index contributed by atoms with van der Waals surface area (Å²) in [7, 11) is 1.72. The number of aryl methyl sites for hydroxylation is 1.